The van der Waals surface area contributed by atoms with Crippen molar-refractivity contribution in [3.05, 3.63) is 64.8 Å². The van der Waals surface area contributed by atoms with Gasteiger partial charge < -0.3 is 0 Å². The van der Waals surface area contributed by atoms with Crippen molar-refractivity contribution in [2.45, 2.75) is 90.9 Å². The lowest BCUT2D eigenvalue weighted by Crippen LogP contribution is -2.35. The fourth-order valence-corrected chi connectivity index (χ4v) is 6.32. The molecule has 1 aromatic heterocycles. The van der Waals surface area contributed by atoms with Crippen LogP contribution >= 0.6 is 0 Å². The first-order valence-corrected chi connectivity index (χ1v) is 12.9. The molecule has 0 spiro atoms. The summed E-state index contributed by atoms with van der Waals surface area (Å²) in [6.07, 6.45) is 10.8. The maximum Gasteiger partial charge on any atom is 0.220 e. The predicted molar refractivity (Wildman–Crippen MR) is 136 cm³/mol. The van der Waals surface area contributed by atoms with E-state index < -0.39 is 0 Å². The summed E-state index contributed by atoms with van der Waals surface area (Å²) in [7, 11) is 2.24. The minimum atomic E-state index is 0.521. The van der Waals surface area contributed by atoms with E-state index in [0.717, 1.165) is 11.8 Å². The van der Waals surface area contributed by atoms with Crippen molar-refractivity contribution in [1.82, 2.24) is 0 Å². The van der Waals surface area contributed by atoms with Crippen molar-refractivity contribution in [3.63, 3.8) is 0 Å². The maximum absolute atomic E-state index is 2.51. The molecule has 5 rings (SSSR count). The van der Waals surface area contributed by atoms with Crippen LogP contribution in [0.3, 0.4) is 0 Å². The number of fused-ring (bicyclic) bond motifs is 1. The van der Waals surface area contributed by atoms with Gasteiger partial charge in [-0.3, -0.25) is 0 Å². The molecule has 2 aliphatic carbocycles. The SMILES string of the molecule is Cc1ccc(C2CCCC2)cc1-c1c2ccc(C3CCC(C)(C)CC3)cc2cc(C)[n+]1C. The minimum Gasteiger partial charge on any atom is -0.198 e. The van der Waals surface area contributed by atoms with Crippen LogP contribution in [0.5, 0.6) is 0 Å². The van der Waals surface area contributed by atoms with Gasteiger partial charge in [-0.2, -0.15) is 4.57 Å². The zero-order valence-corrected chi connectivity index (χ0v) is 20.8. The molecule has 2 fully saturated rings. The second kappa shape index (κ2) is 8.32. The molecule has 1 heterocycles. The Kier molecular flexibility index (Phi) is 5.64. The van der Waals surface area contributed by atoms with Gasteiger partial charge in [-0.25, -0.2) is 0 Å². The van der Waals surface area contributed by atoms with Crippen molar-refractivity contribution in [1.29, 1.82) is 0 Å². The third kappa shape index (κ3) is 4.00. The Balaban J connectivity index is 1.59. The molecule has 0 unspecified atom stereocenters. The number of benzene rings is 2. The first-order chi connectivity index (χ1) is 15.3. The quantitative estimate of drug-likeness (QED) is 0.371. The summed E-state index contributed by atoms with van der Waals surface area (Å²) in [5, 5.41) is 2.80. The fourth-order valence-electron chi connectivity index (χ4n) is 6.32. The van der Waals surface area contributed by atoms with E-state index in [9.17, 15) is 0 Å². The van der Waals surface area contributed by atoms with E-state index in [0.29, 0.717) is 5.41 Å². The van der Waals surface area contributed by atoms with E-state index in [-0.39, 0.29) is 0 Å². The summed E-state index contributed by atoms with van der Waals surface area (Å²) in [6.45, 7) is 9.40. The van der Waals surface area contributed by atoms with Gasteiger partial charge in [0, 0.05) is 18.6 Å². The highest BCUT2D eigenvalue weighted by atomic mass is 14.9. The molecule has 168 valence electrons. The van der Waals surface area contributed by atoms with Crippen LogP contribution in [0.4, 0.5) is 0 Å². The second-order valence-electron chi connectivity index (χ2n) is 11.5. The molecule has 0 saturated heterocycles. The number of aromatic nitrogens is 1. The normalized spacial score (nSPS) is 19.7. The Labute approximate surface area is 194 Å². The molecule has 1 heteroatoms. The van der Waals surface area contributed by atoms with Crippen LogP contribution in [0.15, 0.2) is 42.5 Å². The monoisotopic (exact) mass is 426 g/mol. The number of rotatable bonds is 3. The average Bonchev–Trinajstić information content (AvgIpc) is 3.30. The number of pyridine rings is 1. The molecular weight excluding hydrogens is 386 g/mol. The molecule has 1 nitrogen and oxygen atoms in total. The number of nitrogens with zero attached hydrogens (tertiary/aromatic N) is 1. The standard InChI is InChI=1S/C31H40N/c1-21-10-11-26(23-8-6-7-9-23)20-29(21)30-28-13-12-25(19-27(28)18-22(2)32(30)5)24-14-16-31(3,4)17-15-24/h10-13,18-20,23-24H,6-9,14-17H2,1-5H3/q+1. The number of hydrogen-bond acceptors (Lipinski definition) is 0. The highest BCUT2D eigenvalue weighted by molar-refractivity contribution is 5.94. The molecule has 3 aromatic rings. The first kappa shape index (κ1) is 21.7. The summed E-state index contributed by atoms with van der Waals surface area (Å²) in [4.78, 5) is 0. The van der Waals surface area contributed by atoms with Gasteiger partial charge >= 0.3 is 0 Å². The van der Waals surface area contributed by atoms with E-state index in [1.165, 1.54) is 84.7 Å². The van der Waals surface area contributed by atoms with E-state index in [1.54, 1.807) is 11.1 Å². The summed E-state index contributed by atoms with van der Waals surface area (Å²) in [6, 6.07) is 17.0. The smallest absolute Gasteiger partial charge is 0.198 e. The van der Waals surface area contributed by atoms with Crippen molar-refractivity contribution in [3.8, 4) is 11.3 Å². The Hall–Kier alpha value is -2.15. The van der Waals surface area contributed by atoms with E-state index in [1.807, 2.05) is 0 Å². The highest BCUT2D eigenvalue weighted by Crippen LogP contribution is 2.43. The van der Waals surface area contributed by atoms with Crippen molar-refractivity contribution < 1.29 is 4.57 Å². The van der Waals surface area contributed by atoms with Crippen molar-refractivity contribution >= 4 is 10.8 Å². The van der Waals surface area contributed by atoms with Gasteiger partial charge in [-0.1, -0.05) is 51.0 Å². The molecule has 2 aromatic carbocycles. The summed E-state index contributed by atoms with van der Waals surface area (Å²) < 4.78 is 2.41. The van der Waals surface area contributed by atoms with Gasteiger partial charge in [0.2, 0.25) is 5.69 Å². The second-order valence-corrected chi connectivity index (χ2v) is 11.5. The van der Waals surface area contributed by atoms with Crippen LogP contribution in [0, 0.1) is 19.3 Å². The van der Waals surface area contributed by atoms with E-state index in [4.69, 9.17) is 0 Å². The molecule has 0 bridgehead atoms. The maximum atomic E-state index is 2.51. The van der Waals surface area contributed by atoms with Gasteiger partial charge in [0.1, 0.15) is 7.05 Å². The third-order valence-electron chi connectivity index (χ3n) is 8.71. The Morgan fingerprint density at radius 3 is 2.12 bits per heavy atom. The fraction of sp³-hybridized carbons (Fsp3) is 0.516. The first-order valence-electron chi connectivity index (χ1n) is 12.9. The largest absolute Gasteiger partial charge is 0.220 e. The lowest BCUT2D eigenvalue weighted by atomic mass is 9.71. The summed E-state index contributed by atoms with van der Waals surface area (Å²) >= 11 is 0. The molecule has 2 aliphatic rings. The van der Waals surface area contributed by atoms with E-state index >= 15 is 0 Å². The average molecular weight is 427 g/mol. The number of aryl methyl sites for hydroxylation is 2. The van der Waals surface area contributed by atoms with Crippen LogP contribution in [0.25, 0.3) is 22.0 Å². The lowest BCUT2D eigenvalue weighted by molar-refractivity contribution is -0.665. The summed E-state index contributed by atoms with van der Waals surface area (Å²) in [5.74, 6) is 1.47. The molecule has 0 radical (unpaired) electrons. The predicted octanol–water partition coefficient (Wildman–Crippen LogP) is 8.29. The number of hydrogen-bond donors (Lipinski definition) is 0. The van der Waals surface area contributed by atoms with Crippen LogP contribution in [-0.4, -0.2) is 0 Å². The molecule has 0 atom stereocenters. The van der Waals surface area contributed by atoms with Gasteiger partial charge in [0.15, 0.2) is 5.69 Å². The van der Waals surface area contributed by atoms with Crippen LogP contribution in [0.2, 0.25) is 0 Å². The Morgan fingerprint density at radius 2 is 1.41 bits per heavy atom. The third-order valence-corrected chi connectivity index (χ3v) is 8.71. The molecule has 0 aliphatic heterocycles. The van der Waals surface area contributed by atoms with Gasteiger partial charge in [0.05, 0.1) is 5.39 Å². The van der Waals surface area contributed by atoms with Crippen LogP contribution < -0.4 is 4.57 Å². The highest BCUT2D eigenvalue weighted by Gasteiger charge is 2.28. The molecule has 0 amide bonds. The zero-order valence-electron chi connectivity index (χ0n) is 20.8. The molecule has 32 heavy (non-hydrogen) atoms. The molecule has 2 saturated carbocycles. The molecule has 0 N–H and O–H groups in total. The Morgan fingerprint density at radius 1 is 0.781 bits per heavy atom. The zero-order chi connectivity index (χ0) is 22.5. The van der Waals surface area contributed by atoms with Crippen molar-refractivity contribution in [2.75, 3.05) is 0 Å². The Bertz CT molecular complexity index is 1140. The van der Waals surface area contributed by atoms with Crippen molar-refractivity contribution in [2.24, 2.45) is 12.5 Å². The topological polar surface area (TPSA) is 3.88 Å². The van der Waals surface area contributed by atoms with Gasteiger partial charge in [-0.15, -0.1) is 0 Å². The molecular formula is C31H40N+. The van der Waals surface area contributed by atoms with Gasteiger partial charge in [-0.05, 0) is 96.9 Å². The minimum absolute atomic E-state index is 0.521. The van der Waals surface area contributed by atoms with Crippen LogP contribution in [-0.2, 0) is 7.05 Å². The van der Waals surface area contributed by atoms with Crippen LogP contribution in [0.1, 0.15) is 99.4 Å². The lowest BCUT2D eigenvalue weighted by Gasteiger charge is -2.34. The van der Waals surface area contributed by atoms with Gasteiger partial charge in [0.25, 0.3) is 0 Å². The van der Waals surface area contributed by atoms with E-state index in [2.05, 4.69) is 81.8 Å². The summed E-state index contributed by atoms with van der Waals surface area (Å²) in [5.41, 5.74) is 9.12.